The maximum Gasteiger partial charge on any atom is 0.408 e. The maximum absolute atomic E-state index is 13.9. The summed E-state index contributed by atoms with van der Waals surface area (Å²) in [5.74, 6) is -4.88. The lowest BCUT2D eigenvalue weighted by molar-refractivity contribution is -0.146. The van der Waals surface area contributed by atoms with Crippen LogP contribution in [0.5, 0.6) is 0 Å². The van der Waals surface area contributed by atoms with Crippen molar-refractivity contribution in [2.24, 2.45) is 5.92 Å². The predicted molar refractivity (Wildman–Crippen MR) is 225 cm³/mol. The van der Waals surface area contributed by atoms with E-state index >= 15 is 0 Å². The van der Waals surface area contributed by atoms with Crippen LogP contribution in [0.15, 0.2) is 43.0 Å². The Morgan fingerprint density at radius 2 is 1.52 bits per heavy atom. The molecular formula is C40H59Cl3N6O11. The fraction of sp³-hybridized carbons (Fsp3) is 0.625. The Bertz CT molecular complexity index is 1680. The molecule has 1 aliphatic rings. The van der Waals surface area contributed by atoms with Gasteiger partial charge in [-0.15, -0.1) is 6.58 Å². The number of nitrogens with zero attached hydrogens (tertiary/aromatic N) is 1. The highest BCUT2D eigenvalue weighted by molar-refractivity contribution is 6.68. The molecule has 20 heteroatoms. The minimum absolute atomic E-state index is 0.0240. The number of halogens is 3. The molecule has 1 saturated heterocycles. The van der Waals surface area contributed by atoms with Gasteiger partial charge >= 0.3 is 12.1 Å². The lowest BCUT2D eigenvalue weighted by Crippen LogP contribution is -2.60. The second-order valence-corrected chi connectivity index (χ2v) is 17.8. The van der Waals surface area contributed by atoms with Gasteiger partial charge in [-0.2, -0.15) is 0 Å². The number of likely N-dealkylation sites (tertiary alicyclic amines) is 1. The minimum Gasteiger partial charge on any atom is -0.467 e. The first-order chi connectivity index (χ1) is 27.9. The normalized spacial score (nSPS) is 17.4. The van der Waals surface area contributed by atoms with Gasteiger partial charge in [-0.05, 0) is 58.9 Å². The average Bonchev–Trinajstić information content (AvgIpc) is 3.69. The van der Waals surface area contributed by atoms with E-state index in [0.717, 1.165) is 7.11 Å². The van der Waals surface area contributed by atoms with Crippen molar-refractivity contribution in [3.05, 3.63) is 48.6 Å². The summed E-state index contributed by atoms with van der Waals surface area (Å²) >= 11 is 17.9. The molecule has 336 valence electrons. The van der Waals surface area contributed by atoms with Crippen LogP contribution in [0.2, 0.25) is 0 Å². The number of aliphatic hydroxyl groups is 1. The van der Waals surface area contributed by atoms with Gasteiger partial charge in [-0.1, -0.05) is 91.5 Å². The number of amides is 6. The lowest BCUT2D eigenvalue weighted by Gasteiger charge is -2.33. The second kappa shape index (κ2) is 23.2. The van der Waals surface area contributed by atoms with Gasteiger partial charge in [0.05, 0.1) is 25.9 Å². The van der Waals surface area contributed by atoms with E-state index in [9.17, 15) is 38.7 Å². The Morgan fingerprint density at radius 3 is 2.07 bits per heavy atom. The molecule has 6 N–H and O–H groups in total. The first kappa shape index (κ1) is 52.0. The summed E-state index contributed by atoms with van der Waals surface area (Å²) in [6, 6.07) is 1.40. The first-order valence-electron chi connectivity index (χ1n) is 19.5. The van der Waals surface area contributed by atoms with Crippen LogP contribution in [0.3, 0.4) is 0 Å². The number of alkyl halides is 3. The molecule has 0 saturated carbocycles. The van der Waals surface area contributed by atoms with Gasteiger partial charge in [0.15, 0.2) is 11.6 Å². The Hall–Kier alpha value is -4.16. The number of esters is 1. The summed E-state index contributed by atoms with van der Waals surface area (Å²) in [5.41, 5.74) is -1.85. The van der Waals surface area contributed by atoms with E-state index in [-0.39, 0.29) is 26.0 Å². The molecule has 6 amide bonds. The molecule has 60 heavy (non-hydrogen) atoms. The summed E-state index contributed by atoms with van der Waals surface area (Å²) in [5, 5.41) is 22.5. The number of benzene rings is 1. The SMILES string of the molecule is C=CC(C)(C)OC[C@H](NC(=O)OC(C)(C)C(Cl)(Cl)Cl)C(=O)N[C@H](C(=O)N[C@@H](C)C(=O)N1CCC[C@H]1C(=O)N[C@@H](Cc1ccccc1)C(=O)N[C@@H](CO)C(=O)OC)[C@@H](C)CC. The molecular weight excluding hydrogens is 847 g/mol. The molecule has 0 spiro atoms. The number of hydrogen-bond donors (Lipinski definition) is 6. The third-order valence-corrected chi connectivity index (χ3v) is 11.4. The molecule has 1 aromatic carbocycles. The van der Waals surface area contributed by atoms with Gasteiger partial charge in [0.25, 0.3) is 0 Å². The molecule has 7 atom stereocenters. The molecule has 0 radical (unpaired) electrons. The number of nitrogens with one attached hydrogen (secondary N) is 5. The Balaban J connectivity index is 2.26. The van der Waals surface area contributed by atoms with Crippen molar-refractivity contribution < 1.29 is 52.9 Å². The Kier molecular flexibility index (Phi) is 20.1. The zero-order chi connectivity index (χ0) is 45.6. The molecule has 1 fully saturated rings. The largest absolute Gasteiger partial charge is 0.467 e. The lowest BCUT2D eigenvalue weighted by atomic mass is 9.97. The van der Waals surface area contributed by atoms with Gasteiger partial charge in [0, 0.05) is 13.0 Å². The molecule has 1 heterocycles. The highest BCUT2D eigenvalue weighted by Gasteiger charge is 2.45. The van der Waals surface area contributed by atoms with E-state index in [1.54, 1.807) is 58.0 Å². The van der Waals surface area contributed by atoms with Crippen molar-refractivity contribution in [2.45, 2.75) is 125 Å². The third-order valence-electron chi connectivity index (χ3n) is 10.0. The van der Waals surface area contributed by atoms with E-state index < -0.39 is 105 Å². The summed E-state index contributed by atoms with van der Waals surface area (Å²) < 4.78 is 13.7. The topological polar surface area (TPSA) is 231 Å². The van der Waals surface area contributed by atoms with E-state index in [0.29, 0.717) is 18.4 Å². The highest BCUT2D eigenvalue weighted by Crippen LogP contribution is 2.40. The van der Waals surface area contributed by atoms with Crippen LogP contribution in [0.1, 0.15) is 73.3 Å². The molecule has 0 aliphatic carbocycles. The number of aliphatic hydroxyl groups excluding tert-OH is 1. The van der Waals surface area contributed by atoms with E-state index in [1.165, 1.54) is 31.7 Å². The number of methoxy groups -OCH3 is 1. The second-order valence-electron chi connectivity index (χ2n) is 15.5. The molecule has 2 rings (SSSR count). The van der Waals surface area contributed by atoms with Crippen molar-refractivity contribution >= 4 is 76.4 Å². The maximum atomic E-state index is 13.9. The van der Waals surface area contributed by atoms with Crippen LogP contribution in [-0.4, -0.2) is 130 Å². The Labute approximate surface area is 366 Å². The zero-order valence-electron chi connectivity index (χ0n) is 35.3. The van der Waals surface area contributed by atoms with Crippen LogP contribution in [0.4, 0.5) is 4.79 Å². The smallest absolute Gasteiger partial charge is 0.408 e. The van der Waals surface area contributed by atoms with E-state index in [1.807, 2.05) is 0 Å². The number of carbonyl (C=O) groups excluding carboxylic acids is 7. The quantitative estimate of drug-likeness (QED) is 0.0597. The number of alkyl carbamates (subject to hydrolysis) is 1. The van der Waals surface area contributed by atoms with Crippen LogP contribution >= 0.6 is 34.8 Å². The third kappa shape index (κ3) is 15.4. The molecule has 0 unspecified atom stereocenters. The van der Waals surface area contributed by atoms with Crippen LogP contribution < -0.4 is 26.6 Å². The van der Waals surface area contributed by atoms with Crippen LogP contribution in [0.25, 0.3) is 0 Å². The molecule has 17 nitrogen and oxygen atoms in total. The van der Waals surface area contributed by atoms with Crippen molar-refractivity contribution in [1.29, 1.82) is 0 Å². The number of rotatable bonds is 21. The fourth-order valence-electron chi connectivity index (χ4n) is 5.79. The van der Waals surface area contributed by atoms with E-state index in [2.05, 4.69) is 37.9 Å². The van der Waals surface area contributed by atoms with Gasteiger partial charge in [0.1, 0.15) is 30.2 Å². The first-order valence-corrected chi connectivity index (χ1v) is 20.6. The van der Waals surface area contributed by atoms with Gasteiger partial charge in [0.2, 0.25) is 33.3 Å². The summed E-state index contributed by atoms with van der Waals surface area (Å²) in [6.07, 6.45) is 1.53. The van der Waals surface area contributed by atoms with Crippen LogP contribution in [0, 0.1) is 5.92 Å². The van der Waals surface area contributed by atoms with E-state index in [4.69, 9.17) is 44.3 Å². The summed E-state index contributed by atoms with van der Waals surface area (Å²) in [6.45, 7) is 13.8. The summed E-state index contributed by atoms with van der Waals surface area (Å²) in [4.78, 5) is 95.0. The van der Waals surface area contributed by atoms with Gasteiger partial charge in [-0.3, -0.25) is 24.0 Å². The standard InChI is InChI=1S/C40H59Cl3N6O11/c1-10-23(3)30(48-32(52)28(22-59-38(5,6)11-2)47-37(57)60-39(7,8)40(41,42)43)34(54)44-24(4)35(55)49-19-15-18-29(49)33(53)45-26(20-25-16-13-12-14-17-25)31(51)46-27(21-50)36(56)58-9/h11-14,16-17,23-24,26-30,50H,2,10,15,18-22H2,1,3-9H3,(H,44,54)(H,45,53)(H,46,51)(H,47,57)(H,48,52)/t23-,24-,26-,27-,28-,29-,30-/m0/s1. The average molecular weight is 906 g/mol. The van der Waals surface area contributed by atoms with Gasteiger partial charge in [-0.25, -0.2) is 9.59 Å². The van der Waals surface area contributed by atoms with Crippen molar-refractivity contribution in [3.63, 3.8) is 0 Å². The monoisotopic (exact) mass is 904 g/mol. The number of carbonyl (C=O) groups is 7. The van der Waals surface area contributed by atoms with Crippen molar-refractivity contribution in [1.82, 2.24) is 31.5 Å². The molecule has 1 aromatic rings. The molecule has 1 aliphatic heterocycles. The number of ether oxygens (including phenoxy) is 3. The fourth-order valence-corrected chi connectivity index (χ4v) is 5.91. The van der Waals surface area contributed by atoms with Crippen molar-refractivity contribution in [2.75, 3.05) is 26.9 Å². The predicted octanol–water partition coefficient (Wildman–Crippen LogP) is 2.62. The van der Waals surface area contributed by atoms with Crippen molar-refractivity contribution in [3.8, 4) is 0 Å². The zero-order valence-corrected chi connectivity index (χ0v) is 37.5. The minimum atomic E-state index is -2.02. The summed E-state index contributed by atoms with van der Waals surface area (Å²) in [7, 11) is 1.10. The molecule has 0 aromatic heterocycles. The highest BCUT2D eigenvalue weighted by atomic mass is 35.6. The number of hydrogen-bond acceptors (Lipinski definition) is 11. The van der Waals surface area contributed by atoms with Crippen LogP contribution in [-0.2, 0) is 49.4 Å². The van der Waals surface area contributed by atoms with Gasteiger partial charge < -0.3 is 50.8 Å². The Morgan fingerprint density at radius 1 is 0.900 bits per heavy atom. The molecule has 0 bridgehead atoms.